The minimum atomic E-state index is -2.65. The summed E-state index contributed by atoms with van der Waals surface area (Å²) in [7, 11) is 3.18. The van der Waals surface area contributed by atoms with Gasteiger partial charge in [0.25, 0.3) is 5.92 Å². The third-order valence-corrected chi connectivity index (χ3v) is 2.93. The van der Waals surface area contributed by atoms with Crippen molar-refractivity contribution >= 4 is 0 Å². The number of ether oxygens (including phenoxy) is 1. The Labute approximate surface area is 89.8 Å². The average molecular weight is 222 g/mol. The van der Waals surface area contributed by atoms with Crippen LogP contribution >= 0.6 is 0 Å². The van der Waals surface area contributed by atoms with E-state index < -0.39 is 12.0 Å². The molecule has 1 rings (SSSR count). The van der Waals surface area contributed by atoms with Gasteiger partial charge < -0.3 is 10.1 Å². The molecule has 1 N–H and O–H groups in total. The predicted molar refractivity (Wildman–Crippen MR) is 55.3 cm³/mol. The van der Waals surface area contributed by atoms with Crippen LogP contribution < -0.4 is 5.32 Å². The Morgan fingerprint density at radius 2 is 2.20 bits per heavy atom. The van der Waals surface area contributed by atoms with E-state index in [4.69, 9.17) is 4.74 Å². The zero-order chi connectivity index (χ0) is 11.5. The van der Waals surface area contributed by atoms with Gasteiger partial charge in [0, 0.05) is 20.2 Å². The molecule has 5 heteroatoms. The summed E-state index contributed by atoms with van der Waals surface area (Å²) in [5, 5.41) is 2.71. The van der Waals surface area contributed by atoms with E-state index in [9.17, 15) is 8.78 Å². The second-order valence-corrected chi connectivity index (χ2v) is 4.23. The van der Waals surface area contributed by atoms with Gasteiger partial charge in [-0.1, -0.05) is 6.92 Å². The van der Waals surface area contributed by atoms with Crippen molar-refractivity contribution in [3.8, 4) is 0 Å². The fourth-order valence-corrected chi connectivity index (χ4v) is 2.28. The van der Waals surface area contributed by atoms with E-state index >= 15 is 0 Å². The maximum absolute atomic E-state index is 13.7. The first kappa shape index (κ1) is 12.8. The third-order valence-electron chi connectivity index (χ3n) is 2.93. The van der Waals surface area contributed by atoms with Crippen molar-refractivity contribution in [2.75, 3.05) is 40.4 Å². The van der Waals surface area contributed by atoms with Crippen molar-refractivity contribution in [3.63, 3.8) is 0 Å². The van der Waals surface area contributed by atoms with Crippen LogP contribution in [0.2, 0.25) is 0 Å². The van der Waals surface area contributed by atoms with E-state index in [1.54, 1.807) is 19.1 Å². The second kappa shape index (κ2) is 5.18. The number of halogens is 2. The molecular weight excluding hydrogens is 202 g/mol. The number of rotatable bonds is 4. The maximum atomic E-state index is 13.7. The number of nitrogens with one attached hydrogen (secondary N) is 1. The van der Waals surface area contributed by atoms with E-state index in [1.807, 2.05) is 6.92 Å². The largest absolute Gasteiger partial charge is 0.383 e. The number of nitrogens with zero attached hydrogens (tertiary/aromatic N) is 1. The van der Waals surface area contributed by atoms with Crippen LogP contribution in [0.25, 0.3) is 0 Å². The Hall–Kier alpha value is -0.260. The third kappa shape index (κ3) is 3.09. The highest BCUT2D eigenvalue weighted by molar-refractivity contribution is 4.94. The summed E-state index contributed by atoms with van der Waals surface area (Å²) in [6.45, 7) is 3.46. The molecule has 0 spiro atoms. The molecule has 1 aliphatic heterocycles. The number of methoxy groups -OCH3 is 1. The van der Waals surface area contributed by atoms with Gasteiger partial charge in [0.05, 0.1) is 19.2 Å². The first-order valence-corrected chi connectivity index (χ1v) is 5.27. The van der Waals surface area contributed by atoms with Crippen LogP contribution in [0.5, 0.6) is 0 Å². The summed E-state index contributed by atoms with van der Waals surface area (Å²) < 4.78 is 32.2. The zero-order valence-electron chi connectivity index (χ0n) is 9.59. The lowest BCUT2D eigenvalue weighted by Gasteiger charge is -2.42. The molecule has 90 valence electrons. The molecule has 0 aliphatic carbocycles. The van der Waals surface area contributed by atoms with Gasteiger partial charge in [-0.15, -0.1) is 0 Å². The van der Waals surface area contributed by atoms with Crippen molar-refractivity contribution in [2.24, 2.45) is 5.92 Å². The number of hydrogen-bond donors (Lipinski definition) is 1. The second-order valence-electron chi connectivity index (χ2n) is 4.23. The minimum Gasteiger partial charge on any atom is -0.383 e. The van der Waals surface area contributed by atoms with E-state index in [2.05, 4.69) is 5.32 Å². The van der Waals surface area contributed by atoms with Gasteiger partial charge >= 0.3 is 0 Å². The lowest BCUT2D eigenvalue weighted by Crippen LogP contribution is -2.60. The quantitative estimate of drug-likeness (QED) is 0.761. The fraction of sp³-hybridized carbons (Fsp3) is 1.00. The van der Waals surface area contributed by atoms with Crippen molar-refractivity contribution in [3.05, 3.63) is 0 Å². The van der Waals surface area contributed by atoms with Gasteiger partial charge in [-0.25, -0.2) is 8.78 Å². The normalized spacial score (nSPS) is 31.8. The van der Waals surface area contributed by atoms with Crippen LogP contribution in [-0.2, 0) is 4.74 Å². The van der Waals surface area contributed by atoms with Gasteiger partial charge in [0.1, 0.15) is 0 Å². The number of alkyl halides is 2. The minimum absolute atomic E-state index is 0.0457. The Bertz CT molecular complexity index is 202. The lowest BCUT2D eigenvalue weighted by atomic mass is 9.91. The fourth-order valence-electron chi connectivity index (χ4n) is 2.28. The summed E-state index contributed by atoms with van der Waals surface area (Å²) in [5.74, 6) is -2.70. The van der Waals surface area contributed by atoms with Crippen molar-refractivity contribution in [1.82, 2.24) is 10.2 Å². The van der Waals surface area contributed by atoms with Crippen LogP contribution in [0.3, 0.4) is 0 Å². The van der Waals surface area contributed by atoms with Crippen LogP contribution in [0, 0.1) is 5.92 Å². The standard InChI is InChI=1S/C10H20F2N2O/c1-8-6-14(4-5-15-3)7-10(11,12)9(8)13-2/h8-9,13H,4-7H2,1-3H3. The Morgan fingerprint density at radius 3 is 2.67 bits per heavy atom. The highest BCUT2D eigenvalue weighted by Gasteiger charge is 2.47. The van der Waals surface area contributed by atoms with Crippen LogP contribution in [-0.4, -0.2) is 57.3 Å². The Morgan fingerprint density at radius 1 is 1.53 bits per heavy atom. The summed E-state index contributed by atoms with van der Waals surface area (Å²) >= 11 is 0. The number of likely N-dealkylation sites (tertiary alicyclic amines) is 1. The summed E-state index contributed by atoms with van der Waals surface area (Å²) in [6, 6.07) is -0.712. The van der Waals surface area contributed by atoms with E-state index in [1.165, 1.54) is 0 Å². The molecule has 0 aromatic carbocycles. The topological polar surface area (TPSA) is 24.5 Å². The summed E-state index contributed by atoms with van der Waals surface area (Å²) in [6.07, 6.45) is 0. The monoisotopic (exact) mass is 222 g/mol. The van der Waals surface area contributed by atoms with Gasteiger partial charge in [-0.2, -0.15) is 0 Å². The molecule has 2 unspecified atom stereocenters. The van der Waals surface area contributed by atoms with E-state index in [0.717, 1.165) is 0 Å². The molecule has 15 heavy (non-hydrogen) atoms. The molecule has 0 amide bonds. The van der Waals surface area contributed by atoms with Gasteiger partial charge in [0.15, 0.2) is 0 Å². The highest BCUT2D eigenvalue weighted by Crippen LogP contribution is 2.30. The van der Waals surface area contributed by atoms with Crippen molar-refractivity contribution in [1.29, 1.82) is 0 Å². The van der Waals surface area contributed by atoms with E-state index in [-0.39, 0.29) is 12.5 Å². The van der Waals surface area contributed by atoms with Crippen LogP contribution in [0.1, 0.15) is 6.92 Å². The molecule has 1 heterocycles. The SMILES string of the molecule is CNC1C(C)CN(CCOC)CC1(F)F. The summed E-state index contributed by atoms with van der Waals surface area (Å²) in [5.41, 5.74) is 0. The van der Waals surface area contributed by atoms with Gasteiger partial charge in [0.2, 0.25) is 0 Å². The first-order chi connectivity index (χ1) is 7.01. The van der Waals surface area contributed by atoms with Crippen molar-refractivity contribution < 1.29 is 13.5 Å². The Kier molecular flexibility index (Phi) is 4.43. The predicted octanol–water partition coefficient (Wildman–Crippen LogP) is 0.808. The molecule has 0 aromatic rings. The summed E-state index contributed by atoms with van der Waals surface area (Å²) in [4.78, 5) is 1.77. The molecule has 0 radical (unpaired) electrons. The number of hydrogen-bond acceptors (Lipinski definition) is 3. The van der Waals surface area contributed by atoms with Gasteiger partial charge in [-0.05, 0) is 13.0 Å². The zero-order valence-corrected chi connectivity index (χ0v) is 9.59. The van der Waals surface area contributed by atoms with Gasteiger partial charge in [-0.3, -0.25) is 4.90 Å². The molecule has 0 saturated carbocycles. The average Bonchev–Trinajstić information content (AvgIpc) is 2.13. The molecule has 3 nitrogen and oxygen atoms in total. The van der Waals surface area contributed by atoms with Crippen molar-refractivity contribution in [2.45, 2.75) is 18.9 Å². The molecule has 2 atom stereocenters. The number of piperidine rings is 1. The molecule has 1 saturated heterocycles. The smallest absolute Gasteiger partial charge is 0.275 e. The first-order valence-electron chi connectivity index (χ1n) is 5.27. The maximum Gasteiger partial charge on any atom is 0.275 e. The van der Waals surface area contributed by atoms with Crippen LogP contribution in [0.4, 0.5) is 8.78 Å². The van der Waals surface area contributed by atoms with E-state index in [0.29, 0.717) is 19.7 Å². The Balaban J connectivity index is 2.56. The molecule has 0 bridgehead atoms. The van der Waals surface area contributed by atoms with Crippen LogP contribution in [0.15, 0.2) is 0 Å². The highest BCUT2D eigenvalue weighted by atomic mass is 19.3. The molecule has 0 aromatic heterocycles. The molecule has 1 aliphatic rings. The molecular formula is C10H20F2N2O. The molecule has 1 fully saturated rings. The lowest BCUT2D eigenvalue weighted by molar-refractivity contribution is -0.110.